The van der Waals surface area contributed by atoms with E-state index in [9.17, 15) is 4.79 Å². The summed E-state index contributed by atoms with van der Waals surface area (Å²) in [5.74, 6) is 0.238. The number of hydrogen-bond acceptors (Lipinski definition) is 3. The van der Waals surface area contributed by atoms with Crippen molar-refractivity contribution in [2.75, 3.05) is 0 Å². The van der Waals surface area contributed by atoms with Crippen LogP contribution in [0.2, 0.25) is 5.02 Å². The van der Waals surface area contributed by atoms with Crippen LogP contribution in [-0.4, -0.2) is 11.1 Å². The molecule has 0 atom stereocenters. The highest BCUT2D eigenvalue weighted by molar-refractivity contribution is 6.33. The molecule has 0 saturated heterocycles. The lowest BCUT2D eigenvalue weighted by Crippen LogP contribution is -2.23. The zero-order valence-electron chi connectivity index (χ0n) is 14.2. The number of nitrogens with one attached hydrogen (secondary N) is 1. The number of carbonyl (C=O) groups is 1. The second kappa shape index (κ2) is 7.53. The van der Waals surface area contributed by atoms with Gasteiger partial charge in [-0.25, -0.2) is 0 Å². The van der Waals surface area contributed by atoms with Gasteiger partial charge in [-0.1, -0.05) is 66.1 Å². The molecule has 1 aromatic heterocycles. The standard InChI is InChI=1S/C20H19ClN2O2/c1-3-14-8-10-15(11-9-14)12-22-20(24)18-13(2)25-23-19(18)16-6-4-5-7-17(16)21/h4-11H,3,12H2,1-2H3,(H,22,24). The molecule has 25 heavy (non-hydrogen) atoms. The molecule has 0 fully saturated rings. The summed E-state index contributed by atoms with van der Waals surface area (Å²) < 4.78 is 5.24. The second-order valence-corrected chi connectivity index (χ2v) is 6.20. The number of halogens is 1. The lowest BCUT2D eigenvalue weighted by Gasteiger charge is -2.07. The third-order valence-corrected chi connectivity index (χ3v) is 4.43. The van der Waals surface area contributed by atoms with Gasteiger partial charge in [0.2, 0.25) is 0 Å². The smallest absolute Gasteiger partial charge is 0.257 e. The number of amides is 1. The summed E-state index contributed by atoms with van der Waals surface area (Å²) in [5, 5.41) is 7.48. The average molecular weight is 355 g/mol. The van der Waals surface area contributed by atoms with E-state index in [0.29, 0.717) is 34.1 Å². The molecule has 0 saturated carbocycles. The number of hydrogen-bond donors (Lipinski definition) is 1. The Morgan fingerprint density at radius 1 is 1.12 bits per heavy atom. The van der Waals surface area contributed by atoms with Gasteiger partial charge in [0, 0.05) is 12.1 Å². The van der Waals surface area contributed by atoms with Gasteiger partial charge in [0.05, 0.1) is 5.02 Å². The minimum Gasteiger partial charge on any atom is -0.360 e. The van der Waals surface area contributed by atoms with Crippen LogP contribution in [0, 0.1) is 6.92 Å². The first-order valence-corrected chi connectivity index (χ1v) is 8.55. The first kappa shape index (κ1) is 17.2. The van der Waals surface area contributed by atoms with E-state index >= 15 is 0 Å². The molecule has 1 N–H and O–H groups in total. The van der Waals surface area contributed by atoms with Crippen molar-refractivity contribution < 1.29 is 9.32 Å². The summed E-state index contributed by atoms with van der Waals surface area (Å²) >= 11 is 6.23. The molecule has 1 amide bonds. The van der Waals surface area contributed by atoms with Crippen LogP contribution >= 0.6 is 11.6 Å². The van der Waals surface area contributed by atoms with Gasteiger partial charge in [-0.05, 0) is 30.5 Å². The fourth-order valence-corrected chi connectivity index (χ4v) is 2.87. The third kappa shape index (κ3) is 3.74. The second-order valence-electron chi connectivity index (χ2n) is 5.79. The number of aryl methyl sites for hydroxylation is 2. The molecule has 1 heterocycles. The Morgan fingerprint density at radius 2 is 1.80 bits per heavy atom. The molecule has 3 rings (SSSR count). The summed E-state index contributed by atoms with van der Waals surface area (Å²) in [4.78, 5) is 12.7. The molecule has 5 heteroatoms. The van der Waals surface area contributed by atoms with Gasteiger partial charge >= 0.3 is 0 Å². The van der Waals surface area contributed by atoms with E-state index in [0.717, 1.165) is 12.0 Å². The van der Waals surface area contributed by atoms with Gasteiger partial charge in [-0.15, -0.1) is 0 Å². The molecule has 0 aliphatic heterocycles. The Morgan fingerprint density at radius 3 is 2.48 bits per heavy atom. The maximum absolute atomic E-state index is 12.7. The Bertz CT molecular complexity index is 885. The predicted octanol–water partition coefficient (Wildman–Crippen LogP) is 4.80. The molecular formula is C20H19ClN2O2. The van der Waals surface area contributed by atoms with Crippen molar-refractivity contribution in [1.82, 2.24) is 10.5 Å². The molecule has 0 unspecified atom stereocenters. The van der Waals surface area contributed by atoms with Gasteiger partial charge in [-0.2, -0.15) is 0 Å². The quantitative estimate of drug-likeness (QED) is 0.716. The van der Waals surface area contributed by atoms with Crippen molar-refractivity contribution in [1.29, 1.82) is 0 Å². The van der Waals surface area contributed by atoms with E-state index in [-0.39, 0.29) is 5.91 Å². The molecule has 0 radical (unpaired) electrons. The third-order valence-electron chi connectivity index (χ3n) is 4.10. The fraction of sp³-hybridized carbons (Fsp3) is 0.200. The van der Waals surface area contributed by atoms with Crippen LogP contribution < -0.4 is 5.32 Å². The van der Waals surface area contributed by atoms with Crippen molar-refractivity contribution in [3.05, 3.63) is 76.0 Å². The Kier molecular flexibility index (Phi) is 5.19. The summed E-state index contributed by atoms with van der Waals surface area (Å²) in [6.45, 7) is 4.27. The van der Waals surface area contributed by atoms with Crippen LogP contribution in [0.15, 0.2) is 53.1 Å². The fourth-order valence-electron chi connectivity index (χ4n) is 2.64. The molecule has 2 aromatic carbocycles. The minimum absolute atomic E-state index is 0.228. The maximum atomic E-state index is 12.7. The van der Waals surface area contributed by atoms with Crippen LogP contribution in [0.4, 0.5) is 0 Å². The van der Waals surface area contributed by atoms with Crippen LogP contribution in [0.5, 0.6) is 0 Å². The summed E-state index contributed by atoms with van der Waals surface area (Å²) in [6.07, 6.45) is 0.994. The zero-order valence-corrected chi connectivity index (χ0v) is 14.9. The number of nitrogens with zero attached hydrogens (tertiary/aromatic N) is 1. The summed E-state index contributed by atoms with van der Waals surface area (Å²) in [6, 6.07) is 15.4. The number of rotatable bonds is 5. The van der Waals surface area contributed by atoms with Crippen LogP contribution in [0.25, 0.3) is 11.3 Å². The largest absolute Gasteiger partial charge is 0.360 e. The van der Waals surface area contributed by atoms with E-state index in [1.807, 2.05) is 30.3 Å². The van der Waals surface area contributed by atoms with Gasteiger partial charge in [0.1, 0.15) is 17.0 Å². The first-order valence-electron chi connectivity index (χ1n) is 8.17. The molecule has 3 aromatic rings. The first-order chi connectivity index (χ1) is 12.1. The van der Waals surface area contributed by atoms with E-state index < -0.39 is 0 Å². The molecule has 0 aliphatic rings. The SMILES string of the molecule is CCc1ccc(CNC(=O)c2c(-c3ccccc3Cl)noc2C)cc1. The highest BCUT2D eigenvalue weighted by atomic mass is 35.5. The average Bonchev–Trinajstić information content (AvgIpc) is 3.02. The minimum atomic E-state index is -0.228. The molecular weight excluding hydrogens is 336 g/mol. The van der Waals surface area contributed by atoms with Gasteiger partial charge in [0.25, 0.3) is 5.91 Å². The number of benzene rings is 2. The van der Waals surface area contributed by atoms with Crippen molar-refractivity contribution in [2.45, 2.75) is 26.8 Å². The predicted molar refractivity (Wildman–Crippen MR) is 98.7 cm³/mol. The highest BCUT2D eigenvalue weighted by Gasteiger charge is 2.22. The van der Waals surface area contributed by atoms with Crippen molar-refractivity contribution in [3.8, 4) is 11.3 Å². The van der Waals surface area contributed by atoms with Crippen LogP contribution in [-0.2, 0) is 13.0 Å². The molecule has 0 bridgehead atoms. The van der Waals surface area contributed by atoms with Crippen molar-refractivity contribution in [3.63, 3.8) is 0 Å². The van der Waals surface area contributed by atoms with Crippen molar-refractivity contribution >= 4 is 17.5 Å². The topological polar surface area (TPSA) is 55.1 Å². The van der Waals surface area contributed by atoms with Crippen LogP contribution in [0.3, 0.4) is 0 Å². The summed E-state index contributed by atoms with van der Waals surface area (Å²) in [5.41, 5.74) is 3.86. The van der Waals surface area contributed by atoms with E-state index in [1.54, 1.807) is 13.0 Å². The van der Waals surface area contributed by atoms with Gasteiger partial charge in [-0.3, -0.25) is 4.79 Å². The number of carbonyl (C=O) groups excluding carboxylic acids is 1. The Hall–Kier alpha value is -2.59. The summed E-state index contributed by atoms with van der Waals surface area (Å²) in [7, 11) is 0. The lowest BCUT2D eigenvalue weighted by atomic mass is 10.1. The Labute approximate surface area is 151 Å². The zero-order chi connectivity index (χ0) is 17.8. The van der Waals surface area contributed by atoms with Crippen molar-refractivity contribution in [2.24, 2.45) is 0 Å². The van der Waals surface area contributed by atoms with Gasteiger partial charge < -0.3 is 9.84 Å². The Balaban J connectivity index is 1.80. The molecule has 0 spiro atoms. The van der Waals surface area contributed by atoms with E-state index in [2.05, 4.69) is 29.5 Å². The van der Waals surface area contributed by atoms with E-state index in [1.165, 1.54) is 5.56 Å². The lowest BCUT2D eigenvalue weighted by molar-refractivity contribution is 0.0950. The van der Waals surface area contributed by atoms with Gasteiger partial charge in [0.15, 0.2) is 0 Å². The molecule has 0 aliphatic carbocycles. The normalized spacial score (nSPS) is 10.7. The maximum Gasteiger partial charge on any atom is 0.257 e. The van der Waals surface area contributed by atoms with Crippen LogP contribution in [0.1, 0.15) is 34.2 Å². The number of aromatic nitrogens is 1. The highest BCUT2D eigenvalue weighted by Crippen LogP contribution is 2.30. The molecule has 4 nitrogen and oxygen atoms in total. The van der Waals surface area contributed by atoms with E-state index in [4.69, 9.17) is 16.1 Å². The molecule has 128 valence electrons. The monoisotopic (exact) mass is 354 g/mol.